The van der Waals surface area contributed by atoms with Crippen LogP contribution in [0.3, 0.4) is 0 Å². The van der Waals surface area contributed by atoms with Gasteiger partial charge in [-0.3, -0.25) is 0 Å². The normalized spacial score (nSPS) is 17.8. The molecule has 2 atom stereocenters. The first-order valence-electron chi connectivity index (χ1n) is 7.62. The highest BCUT2D eigenvalue weighted by molar-refractivity contribution is 5.41. The summed E-state index contributed by atoms with van der Waals surface area (Å²) in [5.74, 6) is 1.65. The molecule has 0 aliphatic heterocycles. The van der Waals surface area contributed by atoms with Gasteiger partial charge >= 0.3 is 0 Å². The molecule has 0 heterocycles. The van der Waals surface area contributed by atoms with Crippen molar-refractivity contribution >= 4 is 0 Å². The zero-order valence-corrected chi connectivity index (χ0v) is 13.0. The van der Waals surface area contributed by atoms with Crippen molar-refractivity contribution in [1.29, 1.82) is 0 Å². The minimum absolute atomic E-state index is 0.373. The average Bonchev–Trinajstić information content (AvgIpc) is 2.49. The van der Waals surface area contributed by atoms with Crippen molar-refractivity contribution in [3.05, 3.63) is 64.7 Å². The lowest BCUT2D eigenvalue weighted by Gasteiger charge is -2.33. The molecule has 2 aromatic carbocycles. The second-order valence-corrected chi connectivity index (χ2v) is 5.91. The van der Waals surface area contributed by atoms with Crippen molar-refractivity contribution in [3.8, 4) is 5.75 Å². The van der Waals surface area contributed by atoms with Crippen molar-refractivity contribution in [1.82, 2.24) is 5.32 Å². The van der Waals surface area contributed by atoms with Gasteiger partial charge in [-0.15, -0.1) is 0 Å². The molecule has 0 bridgehead atoms. The lowest BCUT2D eigenvalue weighted by atomic mass is 9.74. The number of fused-ring (bicyclic) bond motifs is 1. The Hall–Kier alpha value is -1.80. The van der Waals surface area contributed by atoms with Gasteiger partial charge in [-0.1, -0.05) is 36.4 Å². The lowest BCUT2D eigenvalue weighted by molar-refractivity contribution is 0.407. The van der Waals surface area contributed by atoms with Crippen LogP contribution in [0.25, 0.3) is 0 Å². The predicted molar refractivity (Wildman–Crippen MR) is 87.0 cm³/mol. The van der Waals surface area contributed by atoms with Gasteiger partial charge in [0, 0.05) is 6.04 Å². The maximum absolute atomic E-state index is 5.45. The summed E-state index contributed by atoms with van der Waals surface area (Å²) in [6, 6.07) is 15.7. The Morgan fingerprint density at radius 2 is 2.05 bits per heavy atom. The first-order valence-corrected chi connectivity index (χ1v) is 7.62. The van der Waals surface area contributed by atoms with Gasteiger partial charge in [0.2, 0.25) is 0 Å². The Labute approximate surface area is 127 Å². The molecule has 2 unspecified atom stereocenters. The van der Waals surface area contributed by atoms with Crippen LogP contribution in [0, 0.1) is 6.92 Å². The SMILES string of the molecule is CNC(CC1Cc2ccccc21)c1ccc(C)c(OC)c1. The summed E-state index contributed by atoms with van der Waals surface area (Å²) < 4.78 is 5.45. The maximum Gasteiger partial charge on any atom is 0.122 e. The van der Waals surface area contributed by atoms with Crippen LogP contribution in [0.15, 0.2) is 42.5 Å². The fourth-order valence-electron chi connectivity index (χ4n) is 3.33. The molecular formula is C19H23NO. The minimum Gasteiger partial charge on any atom is -0.496 e. The van der Waals surface area contributed by atoms with E-state index in [4.69, 9.17) is 4.74 Å². The van der Waals surface area contributed by atoms with Gasteiger partial charge in [-0.2, -0.15) is 0 Å². The smallest absolute Gasteiger partial charge is 0.122 e. The number of methoxy groups -OCH3 is 1. The summed E-state index contributed by atoms with van der Waals surface area (Å²) >= 11 is 0. The van der Waals surface area contributed by atoms with Gasteiger partial charge in [-0.25, -0.2) is 0 Å². The molecule has 110 valence electrons. The van der Waals surface area contributed by atoms with Gasteiger partial charge in [0.1, 0.15) is 5.75 Å². The Morgan fingerprint density at radius 3 is 2.76 bits per heavy atom. The number of hydrogen-bond acceptors (Lipinski definition) is 2. The van der Waals surface area contributed by atoms with Crippen LogP contribution in [-0.4, -0.2) is 14.2 Å². The molecule has 0 fully saturated rings. The summed E-state index contributed by atoms with van der Waals surface area (Å²) in [4.78, 5) is 0. The largest absolute Gasteiger partial charge is 0.496 e. The summed E-state index contributed by atoms with van der Waals surface area (Å²) in [6.45, 7) is 2.08. The second-order valence-electron chi connectivity index (χ2n) is 5.91. The van der Waals surface area contributed by atoms with Crippen LogP contribution >= 0.6 is 0 Å². The maximum atomic E-state index is 5.45. The molecule has 21 heavy (non-hydrogen) atoms. The van der Waals surface area contributed by atoms with Gasteiger partial charge in [0.15, 0.2) is 0 Å². The second kappa shape index (κ2) is 5.90. The third kappa shape index (κ3) is 2.68. The molecule has 0 saturated heterocycles. The van der Waals surface area contributed by atoms with E-state index in [-0.39, 0.29) is 0 Å². The lowest BCUT2D eigenvalue weighted by Crippen LogP contribution is -2.25. The van der Waals surface area contributed by atoms with Crippen LogP contribution in [0.2, 0.25) is 0 Å². The predicted octanol–water partition coefficient (Wildman–Crippen LogP) is 3.99. The third-order valence-corrected chi connectivity index (χ3v) is 4.66. The highest BCUT2D eigenvalue weighted by Gasteiger charge is 2.28. The fourth-order valence-corrected chi connectivity index (χ4v) is 3.33. The molecule has 2 nitrogen and oxygen atoms in total. The number of rotatable bonds is 5. The molecule has 0 radical (unpaired) electrons. The summed E-state index contributed by atoms with van der Waals surface area (Å²) in [5, 5.41) is 3.46. The molecule has 0 spiro atoms. The van der Waals surface area contributed by atoms with Gasteiger partial charge < -0.3 is 10.1 Å². The van der Waals surface area contributed by atoms with Crippen LogP contribution in [0.5, 0.6) is 5.75 Å². The molecule has 0 saturated carbocycles. The van der Waals surface area contributed by atoms with E-state index in [1.165, 1.54) is 28.7 Å². The van der Waals surface area contributed by atoms with Gasteiger partial charge in [0.05, 0.1) is 7.11 Å². The highest BCUT2D eigenvalue weighted by atomic mass is 16.5. The molecule has 2 aromatic rings. The first kappa shape index (κ1) is 14.2. The first-order chi connectivity index (χ1) is 10.2. The van der Waals surface area contributed by atoms with E-state index >= 15 is 0 Å². The van der Waals surface area contributed by atoms with E-state index in [1.807, 2.05) is 7.05 Å². The average molecular weight is 281 g/mol. The Balaban J connectivity index is 1.77. The summed E-state index contributed by atoms with van der Waals surface area (Å²) in [6.07, 6.45) is 2.34. The van der Waals surface area contributed by atoms with Gasteiger partial charge in [-0.05, 0) is 61.1 Å². The Kier molecular flexibility index (Phi) is 3.98. The molecule has 3 rings (SSSR count). The molecule has 1 aliphatic carbocycles. The van der Waals surface area contributed by atoms with E-state index in [9.17, 15) is 0 Å². The summed E-state index contributed by atoms with van der Waals surface area (Å²) in [5.41, 5.74) is 5.53. The van der Waals surface area contributed by atoms with E-state index in [2.05, 4.69) is 54.7 Å². The topological polar surface area (TPSA) is 21.3 Å². The van der Waals surface area contributed by atoms with E-state index in [0.717, 1.165) is 12.2 Å². The molecule has 1 N–H and O–H groups in total. The Morgan fingerprint density at radius 1 is 1.24 bits per heavy atom. The van der Waals surface area contributed by atoms with E-state index in [0.29, 0.717) is 12.0 Å². The van der Waals surface area contributed by atoms with E-state index in [1.54, 1.807) is 7.11 Å². The quantitative estimate of drug-likeness (QED) is 0.894. The van der Waals surface area contributed by atoms with Crippen LogP contribution in [0.4, 0.5) is 0 Å². The van der Waals surface area contributed by atoms with Gasteiger partial charge in [0.25, 0.3) is 0 Å². The Bertz CT molecular complexity index is 635. The molecule has 0 amide bonds. The molecular weight excluding hydrogens is 258 g/mol. The molecule has 2 heteroatoms. The fraction of sp³-hybridized carbons (Fsp3) is 0.368. The molecule has 0 aromatic heterocycles. The zero-order valence-electron chi connectivity index (χ0n) is 13.0. The third-order valence-electron chi connectivity index (χ3n) is 4.66. The van der Waals surface area contributed by atoms with Crippen molar-refractivity contribution in [2.75, 3.05) is 14.2 Å². The number of hydrogen-bond donors (Lipinski definition) is 1. The van der Waals surface area contributed by atoms with Crippen molar-refractivity contribution in [2.24, 2.45) is 0 Å². The number of benzene rings is 2. The van der Waals surface area contributed by atoms with Crippen LogP contribution in [-0.2, 0) is 6.42 Å². The van der Waals surface area contributed by atoms with Crippen molar-refractivity contribution in [3.63, 3.8) is 0 Å². The minimum atomic E-state index is 0.373. The number of nitrogens with one attached hydrogen (secondary N) is 1. The zero-order chi connectivity index (χ0) is 14.8. The van der Waals surface area contributed by atoms with Crippen molar-refractivity contribution < 1.29 is 4.74 Å². The van der Waals surface area contributed by atoms with Crippen LogP contribution < -0.4 is 10.1 Å². The van der Waals surface area contributed by atoms with E-state index < -0.39 is 0 Å². The number of ether oxygens (including phenoxy) is 1. The summed E-state index contributed by atoms with van der Waals surface area (Å²) in [7, 11) is 3.78. The van der Waals surface area contributed by atoms with Crippen molar-refractivity contribution in [2.45, 2.75) is 31.7 Å². The number of aryl methyl sites for hydroxylation is 1. The standard InChI is InChI=1S/C19H23NO/c1-13-8-9-15(12-19(13)21-3)18(20-2)11-16-10-14-6-4-5-7-17(14)16/h4-9,12,16,18,20H,10-11H2,1-3H3. The van der Waals surface area contributed by atoms with Crippen LogP contribution in [0.1, 0.15) is 40.6 Å². The molecule has 1 aliphatic rings. The monoisotopic (exact) mass is 281 g/mol. The highest BCUT2D eigenvalue weighted by Crippen LogP contribution is 2.41.